The van der Waals surface area contributed by atoms with E-state index >= 15 is 0 Å². The van der Waals surface area contributed by atoms with Crippen LogP contribution in [0.1, 0.15) is 41.0 Å². The van der Waals surface area contributed by atoms with Crippen molar-refractivity contribution in [3.63, 3.8) is 0 Å². The maximum atomic E-state index is 3.73. The topological polar surface area (TPSA) is 15.6 Å². The molecule has 0 aromatic heterocycles. The van der Waals surface area contributed by atoms with E-state index in [0.29, 0.717) is 0 Å². The Bertz CT molecular complexity index is 139. The molecule has 0 aliphatic carbocycles. The summed E-state index contributed by atoms with van der Waals surface area (Å²) in [6, 6.07) is 0. The summed E-state index contributed by atoms with van der Waals surface area (Å²) in [4.78, 5) is 6.02. The molecule has 0 atom stereocenters. The van der Waals surface area contributed by atoms with Crippen LogP contribution in [0.5, 0.6) is 0 Å². The Morgan fingerprint density at radius 1 is 1.38 bits per heavy atom. The highest BCUT2D eigenvalue weighted by Crippen LogP contribution is 2.03. The van der Waals surface area contributed by atoms with Gasteiger partial charge in [0, 0.05) is 25.0 Å². The summed E-state index contributed by atoms with van der Waals surface area (Å²) < 4.78 is 0. The molecule has 0 aromatic carbocycles. The predicted molar refractivity (Wildman–Crippen MR) is 62.2 cm³/mol. The Hall–Kier alpha value is -0.790. The third-order valence-electron chi connectivity index (χ3n) is 1.65. The third kappa shape index (κ3) is 7.57. The van der Waals surface area contributed by atoms with E-state index in [-0.39, 0.29) is 0 Å². The lowest BCUT2D eigenvalue weighted by Crippen LogP contribution is -2.21. The Kier molecular flexibility index (Phi) is 12.7. The largest absolute Gasteiger partial charge is 0.374 e. The van der Waals surface area contributed by atoms with Crippen LogP contribution in [0.4, 0.5) is 0 Å². The Labute approximate surface area is 83.4 Å². The quantitative estimate of drug-likeness (QED) is 0.598. The minimum Gasteiger partial charge on any atom is -0.374 e. The first kappa shape index (κ1) is 14.7. The van der Waals surface area contributed by atoms with Gasteiger partial charge in [0.1, 0.15) is 0 Å². The van der Waals surface area contributed by atoms with Crippen LogP contribution in [0.25, 0.3) is 0 Å². The maximum absolute atomic E-state index is 3.73. The number of hydrogen-bond acceptors (Lipinski definition) is 2. The van der Waals surface area contributed by atoms with E-state index < -0.39 is 0 Å². The Morgan fingerprint density at radius 3 is 2.23 bits per heavy atom. The van der Waals surface area contributed by atoms with Crippen LogP contribution in [0, 0.1) is 0 Å². The molecule has 0 amide bonds. The molecule has 2 nitrogen and oxygen atoms in total. The van der Waals surface area contributed by atoms with Crippen LogP contribution in [0.15, 0.2) is 16.9 Å². The van der Waals surface area contributed by atoms with Crippen LogP contribution in [0.2, 0.25) is 0 Å². The summed E-state index contributed by atoms with van der Waals surface area (Å²) in [6.07, 6.45) is 2.98. The number of hydrogen-bond donors (Lipinski definition) is 0. The van der Waals surface area contributed by atoms with Gasteiger partial charge in [0.05, 0.1) is 0 Å². The molecule has 0 radical (unpaired) electrons. The van der Waals surface area contributed by atoms with Crippen molar-refractivity contribution < 1.29 is 0 Å². The number of nitrogens with zero attached hydrogens (tertiary/aromatic N) is 2. The molecule has 2 heteroatoms. The van der Waals surface area contributed by atoms with Gasteiger partial charge in [0.2, 0.25) is 0 Å². The van der Waals surface area contributed by atoms with Gasteiger partial charge in [0.15, 0.2) is 0 Å². The molecule has 0 saturated carbocycles. The van der Waals surface area contributed by atoms with Crippen molar-refractivity contribution in [2.24, 2.45) is 4.99 Å². The second kappa shape index (κ2) is 11.2. The molecule has 0 fully saturated rings. The van der Waals surface area contributed by atoms with E-state index in [4.69, 9.17) is 0 Å². The Morgan fingerprint density at radius 2 is 1.92 bits per heavy atom. The summed E-state index contributed by atoms with van der Waals surface area (Å²) in [5.41, 5.74) is 1.20. The van der Waals surface area contributed by atoms with Crippen molar-refractivity contribution in [1.29, 1.82) is 0 Å². The van der Waals surface area contributed by atoms with Gasteiger partial charge in [-0.15, -0.1) is 0 Å². The molecular formula is C11H24N2. The highest BCUT2D eigenvalue weighted by molar-refractivity contribution is 5.26. The second-order valence-corrected chi connectivity index (χ2v) is 2.53. The molecule has 0 unspecified atom stereocenters. The van der Waals surface area contributed by atoms with E-state index in [2.05, 4.69) is 37.4 Å². The highest BCUT2D eigenvalue weighted by atomic mass is 15.1. The lowest BCUT2D eigenvalue weighted by Gasteiger charge is -2.21. The summed E-state index contributed by atoms with van der Waals surface area (Å²) in [5, 5.41) is 0. The van der Waals surface area contributed by atoms with Gasteiger partial charge in [-0.3, -0.25) is 4.99 Å². The van der Waals surface area contributed by atoms with E-state index in [1.807, 2.05) is 13.8 Å². The SMILES string of the molecule is C=N/C=C(\C)N(CC)CCC.CC. The van der Waals surface area contributed by atoms with Crippen molar-refractivity contribution in [2.45, 2.75) is 41.0 Å². The average Bonchev–Trinajstić information content (AvgIpc) is 2.17. The van der Waals surface area contributed by atoms with E-state index in [1.54, 1.807) is 6.20 Å². The van der Waals surface area contributed by atoms with Gasteiger partial charge in [-0.1, -0.05) is 20.8 Å². The summed E-state index contributed by atoms with van der Waals surface area (Å²) in [5.74, 6) is 0. The normalized spacial score (nSPS) is 10.1. The van der Waals surface area contributed by atoms with Crippen molar-refractivity contribution >= 4 is 6.72 Å². The molecule has 0 aliphatic rings. The van der Waals surface area contributed by atoms with Gasteiger partial charge >= 0.3 is 0 Å². The molecule has 0 heterocycles. The predicted octanol–water partition coefficient (Wildman–Crippen LogP) is 3.31. The molecule has 0 N–H and O–H groups in total. The smallest absolute Gasteiger partial charge is 0.0449 e. The minimum absolute atomic E-state index is 1.05. The zero-order chi connectivity index (χ0) is 10.7. The fraction of sp³-hybridized carbons (Fsp3) is 0.727. The summed E-state index contributed by atoms with van der Waals surface area (Å²) in [7, 11) is 0. The first-order valence-corrected chi connectivity index (χ1v) is 5.13. The fourth-order valence-corrected chi connectivity index (χ4v) is 1.07. The molecule has 0 aliphatic heterocycles. The number of rotatable bonds is 5. The fourth-order valence-electron chi connectivity index (χ4n) is 1.07. The zero-order valence-electron chi connectivity index (χ0n) is 9.80. The highest BCUT2D eigenvalue weighted by Gasteiger charge is 1.98. The molecule has 13 heavy (non-hydrogen) atoms. The monoisotopic (exact) mass is 184 g/mol. The molecule has 0 spiro atoms. The lowest BCUT2D eigenvalue weighted by molar-refractivity contribution is 0.362. The number of allylic oxidation sites excluding steroid dienone is 1. The number of aliphatic imine (C=N–C) groups is 1. The van der Waals surface area contributed by atoms with Crippen molar-refractivity contribution in [2.75, 3.05) is 13.1 Å². The van der Waals surface area contributed by atoms with Gasteiger partial charge in [-0.25, -0.2) is 0 Å². The average molecular weight is 184 g/mol. The van der Waals surface area contributed by atoms with Crippen LogP contribution < -0.4 is 0 Å². The first-order chi connectivity index (χ1) is 6.26. The van der Waals surface area contributed by atoms with Crippen LogP contribution in [0.3, 0.4) is 0 Å². The van der Waals surface area contributed by atoms with Crippen LogP contribution in [-0.4, -0.2) is 24.7 Å². The van der Waals surface area contributed by atoms with Crippen molar-refractivity contribution in [3.05, 3.63) is 11.9 Å². The van der Waals surface area contributed by atoms with Crippen molar-refractivity contribution in [3.8, 4) is 0 Å². The second-order valence-electron chi connectivity index (χ2n) is 2.53. The van der Waals surface area contributed by atoms with E-state index in [1.165, 1.54) is 12.1 Å². The van der Waals surface area contributed by atoms with Gasteiger partial charge in [-0.2, -0.15) is 0 Å². The first-order valence-electron chi connectivity index (χ1n) is 5.13. The molecule has 78 valence electrons. The maximum Gasteiger partial charge on any atom is 0.0449 e. The summed E-state index contributed by atoms with van der Waals surface area (Å²) >= 11 is 0. The molecule has 0 saturated heterocycles. The molecular weight excluding hydrogens is 160 g/mol. The zero-order valence-corrected chi connectivity index (χ0v) is 9.80. The van der Waals surface area contributed by atoms with E-state index in [0.717, 1.165) is 13.1 Å². The Balaban J connectivity index is 0. The van der Waals surface area contributed by atoms with Crippen LogP contribution >= 0.6 is 0 Å². The van der Waals surface area contributed by atoms with Gasteiger partial charge < -0.3 is 4.90 Å². The molecule has 0 bridgehead atoms. The van der Waals surface area contributed by atoms with E-state index in [9.17, 15) is 0 Å². The third-order valence-corrected chi connectivity index (χ3v) is 1.65. The standard InChI is InChI=1S/C9H18N2.C2H6/c1-5-7-11(6-2)9(3)8-10-4;1-2/h8H,4-7H2,1-3H3;1-2H3/b9-8+;. The molecule has 0 rings (SSSR count). The van der Waals surface area contributed by atoms with Gasteiger partial charge in [-0.05, 0) is 27.0 Å². The molecule has 0 aromatic rings. The summed E-state index contributed by atoms with van der Waals surface area (Å²) in [6.45, 7) is 16.0. The minimum atomic E-state index is 1.05. The van der Waals surface area contributed by atoms with Crippen molar-refractivity contribution in [1.82, 2.24) is 4.90 Å². The van der Waals surface area contributed by atoms with Crippen LogP contribution in [-0.2, 0) is 0 Å². The van der Waals surface area contributed by atoms with Gasteiger partial charge in [0.25, 0.3) is 0 Å². The lowest BCUT2D eigenvalue weighted by atomic mass is 10.3.